The highest BCUT2D eigenvalue weighted by molar-refractivity contribution is 8.00. The Morgan fingerprint density at radius 1 is 1.00 bits per heavy atom. The van der Waals surface area contributed by atoms with Crippen LogP contribution in [0.25, 0.3) is 11.0 Å². The Bertz CT molecular complexity index is 1330. The van der Waals surface area contributed by atoms with Crippen LogP contribution in [0.15, 0.2) is 88.1 Å². The fourth-order valence-electron chi connectivity index (χ4n) is 3.89. The highest BCUT2D eigenvalue weighted by Crippen LogP contribution is 2.42. The molecule has 4 aromatic rings. The first-order valence-corrected chi connectivity index (χ1v) is 11.4. The summed E-state index contributed by atoms with van der Waals surface area (Å²) in [5.74, 6) is 1.26. The highest BCUT2D eigenvalue weighted by Gasteiger charge is 2.33. The summed E-state index contributed by atoms with van der Waals surface area (Å²) >= 11 is 1.62. The van der Waals surface area contributed by atoms with Crippen LogP contribution in [-0.2, 0) is 11.4 Å². The van der Waals surface area contributed by atoms with Crippen molar-refractivity contribution in [1.29, 1.82) is 0 Å². The number of benzene rings is 3. The monoisotopic (exact) mass is 443 g/mol. The van der Waals surface area contributed by atoms with Crippen molar-refractivity contribution < 1.29 is 13.9 Å². The quantitative estimate of drug-likeness (QED) is 0.384. The van der Waals surface area contributed by atoms with Crippen molar-refractivity contribution in [3.05, 3.63) is 106 Å². The summed E-state index contributed by atoms with van der Waals surface area (Å²) in [5.41, 5.74) is 3.98. The fraction of sp³-hybridized carbons (Fsp3) is 0.154. The van der Waals surface area contributed by atoms with Gasteiger partial charge in [-0.25, -0.2) is 4.79 Å². The van der Waals surface area contributed by atoms with Gasteiger partial charge >= 0.3 is 5.63 Å². The first-order valence-electron chi connectivity index (χ1n) is 10.3. The number of para-hydroxylation sites is 1. The summed E-state index contributed by atoms with van der Waals surface area (Å²) in [6, 6.07) is 24.7. The largest absolute Gasteiger partial charge is 0.489 e. The molecule has 1 atom stereocenters. The van der Waals surface area contributed by atoms with Crippen molar-refractivity contribution in [2.24, 2.45) is 0 Å². The van der Waals surface area contributed by atoms with Crippen molar-refractivity contribution in [3.63, 3.8) is 0 Å². The van der Waals surface area contributed by atoms with E-state index in [1.165, 1.54) is 6.07 Å². The molecule has 0 N–H and O–H groups in total. The number of rotatable bonds is 5. The first kappa shape index (κ1) is 20.4. The summed E-state index contributed by atoms with van der Waals surface area (Å²) in [6.45, 7) is 2.26. The Morgan fingerprint density at radius 3 is 2.56 bits per heavy atom. The standard InChI is InChI=1S/C26H21NO4S/c1-17-7-12-23-22(13-17)19(14-25(29)31-23)15-30-21-10-8-18(9-11-21)26-27(24(28)16-32-26)20-5-3-2-4-6-20/h2-14,26H,15-16H2,1H3. The van der Waals surface area contributed by atoms with Gasteiger partial charge in [-0.1, -0.05) is 42.0 Å². The molecule has 32 heavy (non-hydrogen) atoms. The zero-order valence-corrected chi connectivity index (χ0v) is 18.3. The van der Waals surface area contributed by atoms with Gasteiger partial charge in [0.2, 0.25) is 5.91 Å². The fourth-order valence-corrected chi connectivity index (χ4v) is 5.07. The van der Waals surface area contributed by atoms with E-state index in [9.17, 15) is 9.59 Å². The molecule has 6 heteroatoms. The summed E-state index contributed by atoms with van der Waals surface area (Å²) < 4.78 is 11.3. The lowest BCUT2D eigenvalue weighted by atomic mass is 10.1. The molecule has 1 fully saturated rings. The second-order valence-corrected chi connectivity index (χ2v) is 8.78. The van der Waals surface area contributed by atoms with E-state index < -0.39 is 0 Å². The number of carbonyl (C=O) groups excluding carboxylic acids is 1. The Kier molecular flexibility index (Phi) is 5.45. The van der Waals surface area contributed by atoms with Crippen molar-refractivity contribution in [1.82, 2.24) is 0 Å². The number of nitrogens with zero attached hydrogens (tertiary/aromatic N) is 1. The zero-order chi connectivity index (χ0) is 22.1. The number of anilines is 1. The summed E-state index contributed by atoms with van der Waals surface area (Å²) in [5, 5.41) is 0.810. The molecule has 1 saturated heterocycles. The second-order valence-electron chi connectivity index (χ2n) is 7.71. The molecule has 5 nitrogen and oxygen atoms in total. The SMILES string of the molecule is Cc1ccc2oc(=O)cc(COc3ccc(C4SCC(=O)N4c4ccccc4)cc3)c2c1. The molecule has 2 heterocycles. The van der Waals surface area contributed by atoms with Crippen molar-refractivity contribution in [3.8, 4) is 5.75 Å². The molecule has 160 valence electrons. The molecule has 0 aliphatic carbocycles. The molecule has 5 rings (SSSR count). The van der Waals surface area contributed by atoms with E-state index in [1.54, 1.807) is 11.8 Å². The zero-order valence-electron chi connectivity index (χ0n) is 17.5. The smallest absolute Gasteiger partial charge is 0.336 e. The van der Waals surface area contributed by atoms with Crippen molar-refractivity contribution >= 4 is 34.3 Å². The van der Waals surface area contributed by atoms with E-state index in [2.05, 4.69) is 0 Å². The van der Waals surface area contributed by atoms with E-state index in [-0.39, 0.29) is 23.5 Å². The van der Waals surface area contributed by atoms with Crippen molar-refractivity contribution in [2.45, 2.75) is 18.9 Å². The topological polar surface area (TPSA) is 59.8 Å². The third-order valence-electron chi connectivity index (χ3n) is 5.45. The van der Waals surface area contributed by atoms with Crippen LogP contribution >= 0.6 is 11.8 Å². The molecule has 1 aromatic heterocycles. The third kappa shape index (κ3) is 4.01. The average Bonchev–Trinajstić information content (AvgIpc) is 3.20. The van der Waals surface area contributed by atoms with E-state index in [4.69, 9.17) is 9.15 Å². The number of aryl methyl sites for hydroxylation is 1. The third-order valence-corrected chi connectivity index (χ3v) is 6.66. The molecule has 3 aromatic carbocycles. The predicted octanol–water partition coefficient (Wildman–Crippen LogP) is 5.46. The molecular formula is C26H21NO4S. The van der Waals surface area contributed by atoms with Gasteiger partial charge in [0, 0.05) is 22.7 Å². The van der Waals surface area contributed by atoms with Gasteiger partial charge in [0.1, 0.15) is 23.3 Å². The van der Waals surface area contributed by atoms with Crippen LogP contribution in [0.3, 0.4) is 0 Å². The van der Waals surface area contributed by atoms with Crippen LogP contribution in [0.2, 0.25) is 0 Å². The number of hydrogen-bond donors (Lipinski definition) is 0. The van der Waals surface area contributed by atoms with Gasteiger partial charge in [-0.05, 0) is 48.9 Å². The molecule has 1 aliphatic rings. The predicted molar refractivity (Wildman–Crippen MR) is 127 cm³/mol. The molecule has 0 saturated carbocycles. The average molecular weight is 444 g/mol. The molecule has 1 unspecified atom stereocenters. The summed E-state index contributed by atoms with van der Waals surface area (Å²) in [4.78, 5) is 26.2. The van der Waals surface area contributed by atoms with E-state index in [0.29, 0.717) is 17.1 Å². The van der Waals surface area contributed by atoms with Gasteiger partial charge in [0.15, 0.2) is 0 Å². The van der Waals surface area contributed by atoms with E-state index >= 15 is 0 Å². The van der Waals surface area contributed by atoms with Gasteiger partial charge in [0.05, 0.1) is 5.75 Å². The Hall–Kier alpha value is -3.51. The molecule has 0 bridgehead atoms. The summed E-state index contributed by atoms with van der Waals surface area (Å²) in [6.07, 6.45) is 0. The van der Waals surface area contributed by atoms with Crippen LogP contribution in [-0.4, -0.2) is 11.7 Å². The first-order chi connectivity index (χ1) is 15.6. The van der Waals surface area contributed by atoms with Crippen LogP contribution in [0, 0.1) is 6.92 Å². The minimum atomic E-state index is -0.390. The Balaban J connectivity index is 1.35. The van der Waals surface area contributed by atoms with E-state index in [1.807, 2.05) is 84.6 Å². The Labute approximate surface area is 189 Å². The molecule has 1 amide bonds. The van der Waals surface area contributed by atoms with E-state index in [0.717, 1.165) is 27.8 Å². The summed E-state index contributed by atoms with van der Waals surface area (Å²) in [7, 11) is 0. The lowest BCUT2D eigenvalue weighted by molar-refractivity contribution is -0.115. The number of amides is 1. The number of ether oxygens (including phenoxy) is 1. The van der Waals surface area contributed by atoms with Gasteiger partial charge in [0.25, 0.3) is 0 Å². The maximum Gasteiger partial charge on any atom is 0.336 e. The molecule has 0 radical (unpaired) electrons. The van der Waals surface area contributed by atoms with Gasteiger partial charge in [-0.15, -0.1) is 11.8 Å². The second kappa shape index (κ2) is 8.55. The molecule has 1 aliphatic heterocycles. The lowest BCUT2D eigenvalue weighted by Crippen LogP contribution is -2.27. The van der Waals surface area contributed by atoms with Crippen LogP contribution in [0.1, 0.15) is 22.1 Å². The maximum absolute atomic E-state index is 12.5. The molecular weight excluding hydrogens is 422 g/mol. The molecule has 0 spiro atoms. The van der Waals surface area contributed by atoms with Gasteiger partial charge < -0.3 is 9.15 Å². The lowest BCUT2D eigenvalue weighted by Gasteiger charge is -2.24. The number of carbonyl (C=O) groups is 1. The van der Waals surface area contributed by atoms with Crippen molar-refractivity contribution in [2.75, 3.05) is 10.7 Å². The van der Waals surface area contributed by atoms with Gasteiger partial charge in [-0.2, -0.15) is 0 Å². The number of fused-ring (bicyclic) bond motifs is 1. The minimum absolute atomic E-state index is 0.0652. The van der Waals surface area contributed by atoms with Crippen LogP contribution in [0.4, 0.5) is 5.69 Å². The highest BCUT2D eigenvalue weighted by atomic mass is 32.2. The normalized spacial score (nSPS) is 16.0. The maximum atomic E-state index is 12.5. The Morgan fingerprint density at radius 2 is 1.78 bits per heavy atom. The van der Waals surface area contributed by atoms with Crippen LogP contribution in [0.5, 0.6) is 5.75 Å². The number of thioether (sulfide) groups is 1. The number of hydrogen-bond acceptors (Lipinski definition) is 5. The minimum Gasteiger partial charge on any atom is -0.489 e. The van der Waals surface area contributed by atoms with Gasteiger partial charge in [-0.3, -0.25) is 9.69 Å². The van der Waals surface area contributed by atoms with Crippen LogP contribution < -0.4 is 15.3 Å².